The number of fused-ring (bicyclic) bond motifs is 2. The van der Waals surface area contributed by atoms with Crippen LogP contribution in [0.4, 0.5) is 5.69 Å². The monoisotopic (exact) mass is 439 g/mol. The Hall–Kier alpha value is -2.67. The molecule has 4 rings (SSSR count). The van der Waals surface area contributed by atoms with Crippen molar-refractivity contribution in [1.82, 2.24) is 9.29 Å². The normalized spacial score (nSPS) is 12.0. The second-order valence-corrected chi connectivity index (χ2v) is 9.62. The van der Waals surface area contributed by atoms with Gasteiger partial charge in [-0.05, 0) is 53.6 Å². The van der Waals surface area contributed by atoms with Crippen molar-refractivity contribution in [2.24, 2.45) is 0 Å². The maximum Gasteiger partial charge on any atom is 0.242 e. The van der Waals surface area contributed by atoms with Crippen molar-refractivity contribution in [2.45, 2.75) is 11.3 Å². The molecule has 154 valence electrons. The van der Waals surface area contributed by atoms with Crippen LogP contribution in [0.15, 0.2) is 77.8 Å². The number of rotatable bonds is 7. The van der Waals surface area contributed by atoms with Gasteiger partial charge in [-0.3, -0.25) is 4.98 Å². The quantitative estimate of drug-likeness (QED) is 0.404. The maximum absolute atomic E-state index is 12.9. The minimum Gasteiger partial charge on any atom is -0.384 e. The fraction of sp³-hybridized carbons (Fsp3) is 0.174. The van der Waals surface area contributed by atoms with Gasteiger partial charge < -0.3 is 5.32 Å². The van der Waals surface area contributed by atoms with Gasteiger partial charge in [0.15, 0.2) is 0 Å². The molecule has 0 spiro atoms. The van der Waals surface area contributed by atoms with Gasteiger partial charge in [0, 0.05) is 42.4 Å². The SMILES string of the molecule is CN(CCCNc1ccnc2cc(Cl)ccc12)S(=O)(=O)c1ccc2ccccc2c1. The molecule has 0 unspecified atom stereocenters. The topological polar surface area (TPSA) is 62.3 Å². The average molecular weight is 440 g/mol. The van der Waals surface area contributed by atoms with Crippen molar-refractivity contribution in [2.75, 3.05) is 25.5 Å². The smallest absolute Gasteiger partial charge is 0.242 e. The Balaban J connectivity index is 1.40. The Morgan fingerprint density at radius 2 is 1.80 bits per heavy atom. The third kappa shape index (κ3) is 4.26. The van der Waals surface area contributed by atoms with E-state index in [0.29, 0.717) is 29.4 Å². The number of nitrogens with one attached hydrogen (secondary N) is 1. The van der Waals surface area contributed by atoms with Gasteiger partial charge in [-0.1, -0.05) is 41.9 Å². The van der Waals surface area contributed by atoms with Crippen LogP contribution in [-0.2, 0) is 10.0 Å². The van der Waals surface area contributed by atoms with E-state index in [0.717, 1.165) is 27.4 Å². The van der Waals surface area contributed by atoms with Crippen molar-refractivity contribution in [3.63, 3.8) is 0 Å². The number of sulfonamides is 1. The zero-order valence-electron chi connectivity index (χ0n) is 16.5. The van der Waals surface area contributed by atoms with Gasteiger partial charge in [-0.2, -0.15) is 0 Å². The first-order chi connectivity index (χ1) is 14.4. The van der Waals surface area contributed by atoms with E-state index in [-0.39, 0.29) is 0 Å². The molecular weight excluding hydrogens is 418 g/mol. The maximum atomic E-state index is 12.9. The van der Waals surface area contributed by atoms with Crippen molar-refractivity contribution in [3.8, 4) is 0 Å². The molecule has 0 radical (unpaired) electrons. The van der Waals surface area contributed by atoms with Gasteiger partial charge in [0.25, 0.3) is 0 Å². The second kappa shape index (κ2) is 8.60. The molecule has 7 heteroatoms. The van der Waals surface area contributed by atoms with Crippen LogP contribution in [0.2, 0.25) is 5.02 Å². The lowest BCUT2D eigenvalue weighted by Crippen LogP contribution is -2.29. The fourth-order valence-corrected chi connectivity index (χ4v) is 4.84. The highest BCUT2D eigenvalue weighted by Gasteiger charge is 2.20. The molecule has 1 aromatic heterocycles. The van der Waals surface area contributed by atoms with E-state index in [4.69, 9.17) is 11.6 Å². The molecule has 0 fully saturated rings. The predicted octanol–water partition coefficient (Wildman–Crippen LogP) is 5.16. The number of hydrogen-bond acceptors (Lipinski definition) is 4. The van der Waals surface area contributed by atoms with Crippen LogP contribution in [0, 0.1) is 0 Å². The second-order valence-electron chi connectivity index (χ2n) is 7.14. The third-order valence-electron chi connectivity index (χ3n) is 5.10. The van der Waals surface area contributed by atoms with Gasteiger partial charge in [0.05, 0.1) is 10.4 Å². The lowest BCUT2D eigenvalue weighted by atomic mass is 10.1. The van der Waals surface area contributed by atoms with Gasteiger partial charge in [0.1, 0.15) is 0 Å². The first-order valence-corrected chi connectivity index (χ1v) is 11.5. The number of pyridine rings is 1. The molecule has 0 aliphatic rings. The number of anilines is 1. The fourth-order valence-electron chi connectivity index (χ4n) is 3.43. The summed E-state index contributed by atoms with van der Waals surface area (Å²) < 4.78 is 27.3. The number of aromatic nitrogens is 1. The molecule has 0 bridgehead atoms. The zero-order valence-corrected chi connectivity index (χ0v) is 18.1. The molecule has 0 amide bonds. The number of benzene rings is 3. The molecule has 1 N–H and O–H groups in total. The molecule has 3 aromatic carbocycles. The summed E-state index contributed by atoms with van der Waals surface area (Å²) in [5.74, 6) is 0. The molecule has 0 aliphatic carbocycles. The summed E-state index contributed by atoms with van der Waals surface area (Å²) in [5, 5.41) is 6.94. The largest absolute Gasteiger partial charge is 0.384 e. The zero-order chi connectivity index (χ0) is 21.1. The number of nitrogens with zero attached hydrogens (tertiary/aromatic N) is 2. The van der Waals surface area contributed by atoms with E-state index >= 15 is 0 Å². The van der Waals surface area contributed by atoms with E-state index in [1.54, 1.807) is 25.4 Å². The Kier molecular flexibility index (Phi) is 5.90. The van der Waals surface area contributed by atoms with Crippen LogP contribution in [-0.4, -0.2) is 37.8 Å². The van der Waals surface area contributed by atoms with Crippen LogP contribution >= 0.6 is 11.6 Å². The first kappa shape index (κ1) is 20.6. The van der Waals surface area contributed by atoms with Gasteiger partial charge in [-0.15, -0.1) is 0 Å². The van der Waals surface area contributed by atoms with Gasteiger partial charge in [0.2, 0.25) is 10.0 Å². The van der Waals surface area contributed by atoms with Crippen molar-refractivity contribution in [1.29, 1.82) is 0 Å². The van der Waals surface area contributed by atoms with E-state index < -0.39 is 10.0 Å². The summed E-state index contributed by atoms with van der Waals surface area (Å²) in [7, 11) is -1.91. The van der Waals surface area contributed by atoms with E-state index in [1.165, 1.54) is 4.31 Å². The predicted molar refractivity (Wildman–Crippen MR) is 124 cm³/mol. The lowest BCUT2D eigenvalue weighted by molar-refractivity contribution is 0.465. The molecular formula is C23H22ClN3O2S. The van der Waals surface area contributed by atoms with Crippen molar-refractivity contribution < 1.29 is 8.42 Å². The highest BCUT2D eigenvalue weighted by atomic mass is 35.5. The molecule has 0 atom stereocenters. The summed E-state index contributed by atoms with van der Waals surface area (Å²) in [6.45, 7) is 1.05. The molecule has 0 aliphatic heterocycles. The molecule has 30 heavy (non-hydrogen) atoms. The van der Waals surface area contributed by atoms with Gasteiger partial charge in [-0.25, -0.2) is 12.7 Å². The van der Waals surface area contributed by atoms with Crippen LogP contribution in [0.25, 0.3) is 21.7 Å². The lowest BCUT2D eigenvalue weighted by Gasteiger charge is -2.18. The van der Waals surface area contributed by atoms with Crippen molar-refractivity contribution in [3.05, 3.63) is 77.9 Å². The van der Waals surface area contributed by atoms with Crippen LogP contribution < -0.4 is 5.32 Å². The Morgan fingerprint density at radius 1 is 1.00 bits per heavy atom. The third-order valence-corrected chi connectivity index (χ3v) is 7.19. The number of hydrogen-bond donors (Lipinski definition) is 1. The molecule has 0 saturated heterocycles. The first-order valence-electron chi connectivity index (χ1n) is 9.68. The average Bonchev–Trinajstić information content (AvgIpc) is 2.75. The minimum absolute atomic E-state index is 0.314. The highest BCUT2D eigenvalue weighted by molar-refractivity contribution is 7.89. The summed E-state index contributed by atoms with van der Waals surface area (Å²) in [4.78, 5) is 4.65. The van der Waals surface area contributed by atoms with E-state index in [1.807, 2.05) is 54.6 Å². The Bertz CT molecular complexity index is 1310. The van der Waals surface area contributed by atoms with E-state index in [2.05, 4.69) is 10.3 Å². The summed E-state index contributed by atoms with van der Waals surface area (Å²) in [6, 6.07) is 20.5. The summed E-state index contributed by atoms with van der Waals surface area (Å²) >= 11 is 6.04. The standard InChI is InChI=1S/C23H22ClN3O2S/c1-27(30(28,29)20-9-7-17-5-2-3-6-18(17)15-20)14-4-12-25-22-11-13-26-23-16-19(24)8-10-21(22)23/h2-3,5-11,13,15-16H,4,12,14H2,1H3,(H,25,26). The molecule has 5 nitrogen and oxygen atoms in total. The van der Waals surface area contributed by atoms with Gasteiger partial charge >= 0.3 is 0 Å². The molecule has 4 aromatic rings. The molecule has 0 saturated carbocycles. The summed E-state index contributed by atoms with van der Waals surface area (Å²) in [6.07, 6.45) is 2.40. The Morgan fingerprint density at radius 3 is 2.63 bits per heavy atom. The van der Waals surface area contributed by atoms with Crippen LogP contribution in [0.5, 0.6) is 0 Å². The highest BCUT2D eigenvalue weighted by Crippen LogP contribution is 2.25. The summed E-state index contributed by atoms with van der Waals surface area (Å²) in [5.41, 5.74) is 1.78. The molecule has 1 heterocycles. The van der Waals surface area contributed by atoms with Crippen molar-refractivity contribution >= 4 is 49.0 Å². The minimum atomic E-state index is -3.53. The van der Waals surface area contributed by atoms with Crippen LogP contribution in [0.1, 0.15) is 6.42 Å². The van der Waals surface area contributed by atoms with E-state index in [9.17, 15) is 8.42 Å². The number of halogens is 1. The van der Waals surface area contributed by atoms with Crippen LogP contribution in [0.3, 0.4) is 0 Å². The Labute approximate surface area is 181 Å².